The Bertz CT molecular complexity index is 701. The van der Waals surface area contributed by atoms with Crippen molar-refractivity contribution in [2.24, 2.45) is 0 Å². The average molecular weight is 338 g/mol. The summed E-state index contributed by atoms with van der Waals surface area (Å²) < 4.78 is 0. The first-order valence-electron chi connectivity index (χ1n) is 8.60. The number of benzene rings is 2. The maximum atomic E-state index is 12.0. The minimum atomic E-state index is -0.112. The molecule has 2 aromatic rings. The highest BCUT2D eigenvalue weighted by atomic mass is 16.2. The van der Waals surface area contributed by atoms with Crippen LogP contribution >= 0.6 is 0 Å². The molecule has 25 heavy (non-hydrogen) atoms. The van der Waals surface area contributed by atoms with Gasteiger partial charge in [0, 0.05) is 24.2 Å². The quantitative estimate of drug-likeness (QED) is 0.778. The molecule has 0 aromatic heterocycles. The molecule has 4 heteroatoms. The lowest BCUT2D eigenvalue weighted by Crippen LogP contribution is -2.25. The number of carbonyl (C=O) groups excluding carboxylic acids is 2. The predicted molar refractivity (Wildman–Crippen MR) is 102 cm³/mol. The van der Waals surface area contributed by atoms with Crippen molar-refractivity contribution in [2.45, 2.75) is 39.0 Å². The summed E-state index contributed by atoms with van der Waals surface area (Å²) in [6.45, 7) is 6.95. The standard InChI is InChI=1S/C21H26N2O2/c1-21(2,3)17-11-13-18(14-12-17)23-19(24)10-7-15-22-20(25)16-8-5-4-6-9-16/h4-6,8-9,11-14H,7,10,15H2,1-3H3,(H,22,25)(H,23,24). The molecule has 0 radical (unpaired) electrons. The third-order valence-corrected chi connectivity index (χ3v) is 3.94. The second-order valence-corrected chi connectivity index (χ2v) is 7.10. The van der Waals surface area contributed by atoms with E-state index < -0.39 is 0 Å². The lowest BCUT2D eigenvalue weighted by Gasteiger charge is -2.19. The fourth-order valence-corrected chi connectivity index (χ4v) is 2.42. The van der Waals surface area contributed by atoms with Crippen LogP contribution < -0.4 is 10.6 Å². The van der Waals surface area contributed by atoms with E-state index in [1.807, 2.05) is 42.5 Å². The highest BCUT2D eigenvalue weighted by Crippen LogP contribution is 2.23. The van der Waals surface area contributed by atoms with Crippen molar-refractivity contribution >= 4 is 17.5 Å². The minimum absolute atomic E-state index is 0.0440. The van der Waals surface area contributed by atoms with Crippen molar-refractivity contribution < 1.29 is 9.59 Å². The van der Waals surface area contributed by atoms with Gasteiger partial charge in [-0.2, -0.15) is 0 Å². The monoisotopic (exact) mass is 338 g/mol. The third kappa shape index (κ3) is 6.07. The van der Waals surface area contributed by atoms with E-state index in [4.69, 9.17) is 0 Å². The van der Waals surface area contributed by atoms with Gasteiger partial charge in [0.2, 0.25) is 5.91 Å². The van der Waals surface area contributed by atoms with Crippen LogP contribution in [0.15, 0.2) is 54.6 Å². The van der Waals surface area contributed by atoms with Crippen LogP contribution in [0.5, 0.6) is 0 Å². The van der Waals surface area contributed by atoms with Crippen LogP contribution in [0.3, 0.4) is 0 Å². The first kappa shape index (κ1) is 18.7. The summed E-state index contributed by atoms with van der Waals surface area (Å²) in [6, 6.07) is 17.0. The molecular formula is C21H26N2O2. The lowest BCUT2D eigenvalue weighted by molar-refractivity contribution is -0.116. The summed E-state index contributed by atoms with van der Waals surface area (Å²) in [4.78, 5) is 23.9. The fourth-order valence-electron chi connectivity index (χ4n) is 2.42. The second-order valence-electron chi connectivity index (χ2n) is 7.10. The van der Waals surface area contributed by atoms with E-state index in [2.05, 4.69) is 31.4 Å². The zero-order valence-corrected chi connectivity index (χ0v) is 15.1. The summed E-state index contributed by atoms with van der Waals surface area (Å²) in [5.74, 6) is -0.156. The van der Waals surface area contributed by atoms with Gasteiger partial charge in [-0.3, -0.25) is 9.59 Å². The molecule has 0 saturated heterocycles. The smallest absolute Gasteiger partial charge is 0.251 e. The normalized spacial score (nSPS) is 11.0. The van der Waals surface area contributed by atoms with Gasteiger partial charge >= 0.3 is 0 Å². The largest absolute Gasteiger partial charge is 0.352 e. The number of hydrogen-bond acceptors (Lipinski definition) is 2. The zero-order chi connectivity index (χ0) is 18.3. The molecule has 0 heterocycles. The first-order valence-corrected chi connectivity index (χ1v) is 8.60. The molecule has 0 aliphatic heterocycles. The number of amides is 2. The van der Waals surface area contributed by atoms with Crippen molar-refractivity contribution in [2.75, 3.05) is 11.9 Å². The SMILES string of the molecule is CC(C)(C)c1ccc(NC(=O)CCCNC(=O)c2ccccc2)cc1. The number of hydrogen-bond donors (Lipinski definition) is 2. The van der Waals surface area contributed by atoms with Crippen molar-refractivity contribution in [1.29, 1.82) is 0 Å². The van der Waals surface area contributed by atoms with Crippen LogP contribution in [0, 0.1) is 0 Å². The molecule has 0 unspecified atom stereocenters. The van der Waals surface area contributed by atoms with Gasteiger partial charge in [-0.1, -0.05) is 51.1 Å². The van der Waals surface area contributed by atoms with Crippen molar-refractivity contribution in [3.05, 3.63) is 65.7 Å². The van der Waals surface area contributed by atoms with Crippen molar-refractivity contribution in [3.63, 3.8) is 0 Å². The summed E-state index contributed by atoms with van der Waals surface area (Å²) in [7, 11) is 0. The number of carbonyl (C=O) groups is 2. The molecule has 0 saturated carbocycles. The van der Waals surface area contributed by atoms with E-state index in [1.54, 1.807) is 12.1 Å². The zero-order valence-electron chi connectivity index (χ0n) is 15.1. The molecule has 2 N–H and O–H groups in total. The Morgan fingerprint density at radius 1 is 0.920 bits per heavy atom. The average Bonchev–Trinajstić information content (AvgIpc) is 2.59. The van der Waals surface area contributed by atoms with E-state index in [0.717, 1.165) is 5.69 Å². The summed E-state index contributed by atoms with van der Waals surface area (Å²) in [5.41, 5.74) is 2.76. The third-order valence-electron chi connectivity index (χ3n) is 3.94. The fraction of sp³-hybridized carbons (Fsp3) is 0.333. The molecule has 2 amide bonds. The number of rotatable bonds is 6. The van der Waals surface area contributed by atoms with Crippen LogP contribution in [-0.2, 0) is 10.2 Å². The molecule has 0 bridgehead atoms. The summed E-state index contributed by atoms with van der Waals surface area (Å²) in [5, 5.41) is 5.71. The van der Waals surface area contributed by atoms with Gasteiger partial charge in [0.1, 0.15) is 0 Å². The molecule has 0 aliphatic carbocycles. The Hall–Kier alpha value is -2.62. The van der Waals surface area contributed by atoms with Gasteiger partial charge in [-0.15, -0.1) is 0 Å². The maximum Gasteiger partial charge on any atom is 0.251 e. The molecule has 2 rings (SSSR count). The second kappa shape index (κ2) is 8.47. The van der Waals surface area contributed by atoms with Crippen LogP contribution in [0.1, 0.15) is 49.5 Å². The van der Waals surface area contributed by atoms with Crippen LogP contribution in [-0.4, -0.2) is 18.4 Å². The Balaban J connectivity index is 1.71. The molecule has 0 aliphatic rings. The maximum absolute atomic E-state index is 12.0. The van der Waals surface area contributed by atoms with Gasteiger partial charge < -0.3 is 10.6 Å². The van der Waals surface area contributed by atoms with Gasteiger partial charge in [0.05, 0.1) is 0 Å². The molecule has 0 atom stereocenters. The molecule has 4 nitrogen and oxygen atoms in total. The van der Waals surface area contributed by atoms with E-state index in [1.165, 1.54) is 5.56 Å². The minimum Gasteiger partial charge on any atom is -0.352 e. The molecule has 0 fully saturated rings. The lowest BCUT2D eigenvalue weighted by atomic mass is 9.87. The van der Waals surface area contributed by atoms with E-state index in [-0.39, 0.29) is 17.2 Å². The van der Waals surface area contributed by atoms with Crippen molar-refractivity contribution in [1.82, 2.24) is 5.32 Å². The van der Waals surface area contributed by atoms with Crippen LogP contribution in [0.25, 0.3) is 0 Å². The van der Waals surface area contributed by atoms with Gasteiger partial charge in [0.25, 0.3) is 5.91 Å². The Morgan fingerprint density at radius 2 is 1.56 bits per heavy atom. The van der Waals surface area contributed by atoms with Gasteiger partial charge in [-0.05, 0) is 41.7 Å². The Kier molecular flexibility index (Phi) is 6.34. The molecule has 132 valence electrons. The Morgan fingerprint density at radius 3 is 2.16 bits per heavy atom. The topological polar surface area (TPSA) is 58.2 Å². The molecule has 2 aromatic carbocycles. The van der Waals surface area contributed by atoms with Crippen LogP contribution in [0.2, 0.25) is 0 Å². The summed E-state index contributed by atoms with van der Waals surface area (Å²) >= 11 is 0. The first-order chi connectivity index (χ1) is 11.9. The number of nitrogens with one attached hydrogen (secondary N) is 2. The number of anilines is 1. The van der Waals surface area contributed by atoms with Crippen LogP contribution in [0.4, 0.5) is 5.69 Å². The highest BCUT2D eigenvalue weighted by Gasteiger charge is 2.13. The molecule has 0 spiro atoms. The molecular weight excluding hydrogens is 312 g/mol. The van der Waals surface area contributed by atoms with Crippen molar-refractivity contribution in [3.8, 4) is 0 Å². The Labute approximate surface area is 149 Å². The van der Waals surface area contributed by atoms with E-state index >= 15 is 0 Å². The highest BCUT2D eigenvalue weighted by molar-refractivity contribution is 5.94. The van der Waals surface area contributed by atoms with Gasteiger partial charge in [0.15, 0.2) is 0 Å². The van der Waals surface area contributed by atoms with Gasteiger partial charge in [-0.25, -0.2) is 0 Å². The summed E-state index contributed by atoms with van der Waals surface area (Å²) in [6.07, 6.45) is 0.973. The predicted octanol–water partition coefficient (Wildman–Crippen LogP) is 4.13. The van der Waals surface area contributed by atoms with E-state index in [0.29, 0.717) is 24.9 Å². The van der Waals surface area contributed by atoms with E-state index in [9.17, 15) is 9.59 Å².